The molecule has 1 aliphatic carbocycles. The minimum Gasteiger partial charge on any atom is -1.00 e. The molecule has 2 aliphatic rings. The number of Topliss-reactive ketones (excluding diaryl/α,β-unsaturated/α-hetero) is 1. The van der Waals surface area contributed by atoms with Gasteiger partial charge in [-0.05, 0) is 45.2 Å². The highest BCUT2D eigenvalue weighted by Gasteiger charge is 2.39. The van der Waals surface area contributed by atoms with Gasteiger partial charge in [0, 0.05) is 18.4 Å². The second-order valence-corrected chi connectivity index (χ2v) is 5.74. The first-order chi connectivity index (χ1) is 8.27. The normalized spacial score (nSPS) is 29.7. The molecule has 18 heavy (non-hydrogen) atoms. The summed E-state index contributed by atoms with van der Waals surface area (Å²) in [5.74, 6) is 0.495. The smallest absolute Gasteiger partial charge is 0.140 e. The lowest BCUT2D eigenvalue weighted by Gasteiger charge is -2.40. The van der Waals surface area contributed by atoms with Crippen molar-refractivity contribution in [2.45, 2.75) is 51.4 Å². The van der Waals surface area contributed by atoms with Gasteiger partial charge in [0.1, 0.15) is 5.78 Å². The van der Waals surface area contributed by atoms with Crippen molar-refractivity contribution < 1.29 is 17.2 Å². The molecule has 0 aromatic carbocycles. The van der Waals surface area contributed by atoms with Gasteiger partial charge in [-0.2, -0.15) is 0 Å². The van der Waals surface area contributed by atoms with E-state index in [1.807, 2.05) is 6.08 Å². The second-order valence-electron chi connectivity index (χ2n) is 5.74. The van der Waals surface area contributed by atoms with Crippen LogP contribution in [0.15, 0.2) is 12.7 Å². The van der Waals surface area contributed by atoms with Crippen molar-refractivity contribution >= 4 is 5.78 Å². The lowest BCUT2D eigenvalue weighted by molar-refractivity contribution is -0.132. The molecule has 0 radical (unpaired) electrons. The van der Waals surface area contributed by atoms with Crippen LogP contribution in [0.1, 0.15) is 51.4 Å². The van der Waals surface area contributed by atoms with Crippen molar-refractivity contribution in [3.63, 3.8) is 0 Å². The Labute approximate surface area is 117 Å². The SMILES string of the molecule is C=CCC1(CN2CCCCC2)CCCCC1=O.[Cl-]. The fourth-order valence-corrected chi connectivity index (χ4v) is 3.42. The van der Waals surface area contributed by atoms with E-state index in [9.17, 15) is 4.79 Å². The lowest BCUT2D eigenvalue weighted by atomic mass is 9.70. The molecule has 1 saturated carbocycles. The number of ketones is 1. The van der Waals surface area contributed by atoms with Crippen LogP contribution in [-0.4, -0.2) is 30.3 Å². The van der Waals surface area contributed by atoms with Gasteiger partial charge in [-0.25, -0.2) is 0 Å². The zero-order valence-electron chi connectivity index (χ0n) is 11.3. The van der Waals surface area contributed by atoms with Crippen LogP contribution in [0.5, 0.6) is 0 Å². The average Bonchev–Trinajstić information content (AvgIpc) is 2.35. The van der Waals surface area contributed by atoms with E-state index in [0.29, 0.717) is 5.78 Å². The second kappa shape index (κ2) is 7.30. The van der Waals surface area contributed by atoms with Crippen LogP contribution in [0, 0.1) is 5.41 Å². The van der Waals surface area contributed by atoms with Crippen LogP contribution < -0.4 is 12.4 Å². The Morgan fingerprint density at radius 2 is 1.89 bits per heavy atom. The Hall–Kier alpha value is -0.340. The number of allylic oxidation sites excluding steroid dienone is 1. The molecular formula is C15H25ClNO-. The predicted octanol–water partition coefficient (Wildman–Crippen LogP) is 0.182. The van der Waals surface area contributed by atoms with E-state index in [1.54, 1.807) is 0 Å². The van der Waals surface area contributed by atoms with Crippen molar-refractivity contribution in [3.8, 4) is 0 Å². The highest BCUT2D eigenvalue weighted by Crippen LogP contribution is 2.38. The average molecular weight is 271 g/mol. The Bertz CT molecular complexity index is 286. The molecule has 0 spiro atoms. The summed E-state index contributed by atoms with van der Waals surface area (Å²) in [4.78, 5) is 14.8. The number of rotatable bonds is 4. The minimum absolute atomic E-state index is 0. The van der Waals surface area contributed by atoms with Crippen LogP contribution >= 0.6 is 0 Å². The van der Waals surface area contributed by atoms with Gasteiger partial charge in [-0.3, -0.25) is 4.79 Å². The summed E-state index contributed by atoms with van der Waals surface area (Å²) in [5, 5.41) is 0. The standard InChI is InChI=1S/C15H25NO.ClH/c1-2-9-15(10-5-4-8-14(15)17)13-16-11-6-3-7-12-16;/h2H,1,3-13H2;1H/p-1. The van der Waals surface area contributed by atoms with E-state index in [1.165, 1.54) is 38.8 Å². The third kappa shape index (κ3) is 3.58. The van der Waals surface area contributed by atoms with Gasteiger partial charge < -0.3 is 17.3 Å². The van der Waals surface area contributed by atoms with Gasteiger partial charge in [0.05, 0.1) is 0 Å². The maximum Gasteiger partial charge on any atom is 0.140 e. The molecule has 2 nitrogen and oxygen atoms in total. The van der Waals surface area contributed by atoms with Crippen molar-refractivity contribution in [3.05, 3.63) is 12.7 Å². The van der Waals surface area contributed by atoms with Gasteiger partial charge in [0.25, 0.3) is 0 Å². The van der Waals surface area contributed by atoms with Gasteiger partial charge in [0.15, 0.2) is 0 Å². The topological polar surface area (TPSA) is 20.3 Å². The Balaban J connectivity index is 0.00000162. The van der Waals surface area contributed by atoms with Crippen LogP contribution in [0.3, 0.4) is 0 Å². The first kappa shape index (κ1) is 15.7. The molecule has 1 aliphatic heterocycles. The van der Waals surface area contributed by atoms with Crippen LogP contribution in [0.25, 0.3) is 0 Å². The number of likely N-dealkylation sites (tertiary alicyclic amines) is 1. The number of carbonyl (C=O) groups excluding carboxylic acids is 1. The number of hydrogen-bond donors (Lipinski definition) is 0. The predicted molar refractivity (Wildman–Crippen MR) is 71.0 cm³/mol. The van der Waals surface area contributed by atoms with Crippen molar-refractivity contribution in [1.29, 1.82) is 0 Å². The molecule has 2 rings (SSSR count). The zero-order valence-corrected chi connectivity index (χ0v) is 12.1. The van der Waals surface area contributed by atoms with Gasteiger partial charge >= 0.3 is 0 Å². The van der Waals surface area contributed by atoms with Crippen LogP contribution in [0.4, 0.5) is 0 Å². The highest BCUT2D eigenvalue weighted by molar-refractivity contribution is 5.86. The van der Waals surface area contributed by atoms with Crippen LogP contribution in [0.2, 0.25) is 0 Å². The fourth-order valence-electron chi connectivity index (χ4n) is 3.42. The molecule has 0 amide bonds. The van der Waals surface area contributed by atoms with Crippen molar-refractivity contribution in [2.24, 2.45) is 5.41 Å². The minimum atomic E-state index is -0.0860. The zero-order chi connectivity index (χ0) is 12.1. The maximum absolute atomic E-state index is 12.3. The third-order valence-corrected chi connectivity index (χ3v) is 4.41. The molecule has 1 atom stereocenters. The fraction of sp³-hybridized carbons (Fsp3) is 0.800. The van der Waals surface area contributed by atoms with Gasteiger partial charge in [-0.1, -0.05) is 18.9 Å². The number of halogens is 1. The summed E-state index contributed by atoms with van der Waals surface area (Å²) in [7, 11) is 0. The molecule has 0 aromatic rings. The van der Waals surface area contributed by atoms with Gasteiger partial charge in [0.2, 0.25) is 0 Å². The molecule has 1 saturated heterocycles. The quantitative estimate of drug-likeness (QED) is 0.680. The molecule has 0 aromatic heterocycles. The Morgan fingerprint density at radius 1 is 1.17 bits per heavy atom. The summed E-state index contributed by atoms with van der Waals surface area (Å²) < 4.78 is 0. The molecule has 0 bridgehead atoms. The van der Waals surface area contributed by atoms with Crippen molar-refractivity contribution in [2.75, 3.05) is 19.6 Å². The summed E-state index contributed by atoms with van der Waals surface area (Å²) >= 11 is 0. The Kier molecular flexibility index (Phi) is 6.37. The number of piperidine rings is 1. The number of carbonyl (C=O) groups is 1. The number of nitrogens with zero attached hydrogens (tertiary/aromatic N) is 1. The van der Waals surface area contributed by atoms with Gasteiger partial charge in [-0.15, -0.1) is 6.58 Å². The molecule has 104 valence electrons. The maximum atomic E-state index is 12.3. The molecule has 1 unspecified atom stereocenters. The summed E-state index contributed by atoms with van der Waals surface area (Å²) in [5.41, 5.74) is -0.0860. The van der Waals surface area contributed by atoms with E-state index < -0.39 is 0 Å². The first-order valence-electron chi connectivity index (χ1n) is 7.13. The third-order valence-electron chi connectivity index (χ3n) is 4.41. The highest BCUT2D eigenvalue weighted by atomic mass is 35.5. The summed E-state index contributed by atoms with van der Waals surface area (Å²) in [6.45, 7) is 7.21. The number of hydrogen-bond acceptors (Lipinski definition) is 2. The first-order valence-corrected chi connectivity index (χ1v) is 7.13. The monoisotopic (exact) mass is 270 g/mol. The van der Waals surface area contributed by atoms with E-state index in [0.717, 1.165) is 32.2 Å². The summed E-state index contributed by atoms with van der Waals surface area (Å²) in [6.07, 6.45) is 11.0. The van der Waals surface area contributed by atoms with Crippen molar-refractivity contribution in [1.82, 2.24) is 4.90 Å². The molecule has 1 heterocycles. The molecule has 2 fully saturated rings. The molecular weight excluding hydrogens is 246 g/mol. The molecule has 0 N–H and O–H groups in total. The lowest BCUT2D eigenvalue weighted by Crippen LogP contribution is -3.00. The molecule has 3 heteroatoms. The van der Waals surface area contributed by atoms with E-state index in [2.05, 4.69) is 11.5 Å². The van der Waals surface area contributed by atoms with Crippen LogP contribution in [-0.2, 0) is 4.79 Å². The van der Waals surface area contributed by atoms with E-state index in [-0.39, 0.29) is 17.8 Å². The van der Waals surface area contributed by atoms with E-state index >= 15 is 0 Å². The van der Waals surface area contributed by atoms with E-state index in [4.69, 9.17) is 0 Å². The largest absolute Gasteiger partial charge is 1.00 e. The summed E-state index contributed by atoms with van der Waals surface area (Å²) in [6, 6.07) is 0. The Morgan fingerprint density at radius 3 is 2.50 bits per heavy atom.